The van der Waals surface area contributed by atoms with Crippen LogP contribution in [-0.4, -0.2) is 33.8 Å². The molecule has 7 nitrogen and oxygen atoms in total. The van der Waals surface area contributed by atoms with Gasteiger partial charge in [-0.25, -0.2) is 4.39 Å². The Morgan fingerprint density at radius 2 is 2.00 bits per heavy atom. The lowest BCUT2D eigenvalue weighted by Crippen LogP contribution is -2.33. The van der Waals surface area contributed by atoms with Gasteiger partial charge in [0.05, 0.1) is 19.6 Å². The lowest BCUT2D eigenvalue weighted by molar-refractivity contribution is -0.141. The fraction of sp³-hybridized carbons (Fsp3) is 0.238. The van der Waals surface area contributed by atoms with Crippen molar-refractivity contribution in [1.29, 1.82) is 0 Å². The van der Waals surface area contributed by atoms with Crippen LogP contribution in [0.1, 0.15) is 23.6 Å². The Kier molecular flexibility index (Phi) is 6.73. The van der Waals surface area contributed by atoms with Gasteiger partial charge in [0, 0.05) is 5.56 Å². The van der Waals surface area contributed by atoms with Crippen molar-refractivity contribution in [2.75, 3.05) is 7.11 Å². The molecule has 0 saturated heterocycles. The molecule has 1 heterocycles. The van der Waals surface area contributed by atoms with E-state index in [9.17, 15) is 14.0 Å². The number of hydrogen-bond acceptors (Lipinski definition) is 5. The number of amides is 1. The van der Waals surface area contributed by atoms with Crippen LogP contribution in [0.15, 0.2) is 48.5 Å². The minimum Gasteiger partial charge on any atom is -0.469 e. The van der Waals surface area contributed by atoms with Crippen molar-refractivity contribution in [3.63, 3.8) is 0 Å². The largest absolute Gasteiger partial charge is 0.469 e. The number of carbonyl (C=O) groups is 2. The van der Waals surface area contributed by atoms with Crippen LogP contribution in [0.3, 0.4) is 0 Å². The molecule has 30 heavy (non-hydrogen) atoms. The number of aromatic amines is 1. The lowest BCUT2D eigenvalue weighted by atomic mass is 10.0. The number of ether oxygens (including phenoxy) is 1. The number of nitrogens with one attached hydrogen (secondary N) is 2. The van der Waals surface area contributed by atoms with Crippen LogP contribution in [0, 0.1) is 17.5 Å². The van der Waals surface area contributed by atoms with Crippen LogP contribution < -0.4 is 5.32 Å². The molecule has 0 bridgehead atoms. The summed E-state index contributed by atoms with van der Waals surface area (Å²) in [6.45, 7) is 1.86. The SMILES string of the molecule is COC(=O)CC(NC(=O)Cn1c(-c2cccc(C)c2)n[nH]c1=S)c1ccc(F)cc1. The number of halogens is 1. The first-order valence-corrected chi connectivity index (χ1v) is 9.62. The van der Waals surface area contributed by atoms with Crippen molar-refractivity contribution >= 4 is 24.1 Å². The third-order valence-corrected chi connectivity index (χ3v) is 4.85. The molecule has 0 aliphatic rings. The van der Waals surface area contributed by atoms with E-state index >= 15 is 0 Å². The van der Waals surface area contributed by atoms with Gasteiger partial charge in [0.1, 0.15) is 12.4 Å². The van der Waals surface area contributed by atoms with E-state index in [1.807, 2.05) is 31.2 Å². The highest BCUT2D eigenvalue weighted by Gasteiger charge is 2.20. The highest BCUT2D eigenvalue weighted by atomic mass is 32.1. The summed E-state index contributed by atoms with van der Waals surface area (Å²) in [5.74, 6) is -0.746. The van der Waals surface area contributed by atoms with Crippen molar-refractivity contribution in [3.05, 3.63) is 70.2 Å². The molecule has 156 valence electrons. The summed E-state index contributed by atoms with van der Waals surface area (Å²) in [6.07, 6.45) is -0.0879. The Bertz CT molecular complexity index is 1110. The summed E-state index contributed by atoms with van der Waals surface area (Å²) in [5.41, 5.74) is 2.46. The molecule has 0 aliphatic carbocycles. The van der Waals surface area contributed by atoms with Crippen LogP contribution in [0.25, 0.3) is 11.4 Å². The molecule has 1 amide bonds. The van der Waals surface area contributed by atoms with E-state index < -0.39 is 17.8 Å². The van der Waals surface area contributed by atoms with Gasteiger partial charge in [0.2, 0.25) is 5.91 Å². The van der Waals surface area contributed by atoms with Crippen molar-refractivity contribution < 1.29 is 18.7 Å². The molecule has 2 N–H and O–H groups in total. The Balaban J connectivity index is 1.82. The molecule has 1 aromatic heterocycles. The van der Waals surface area contributed by atoms with Crippen LogP contribution in [0.5, 0.6) is 0 Å². The number of aromatic nitrogens is 3. The van der Waals surface area contributed by atoms with Crippen LogP contribution >= 0.6 is 12.2 Å². The van der Waals surface area contributed by atoms with Gasteiger partial charge in [-0.15, -0.1) is 0 Å². The fourth-order valence-electron chi connectivity index (χ4n) is 3.05. The number of H-pyrrole nitrogens is 1. The molecule has 0 radical (unpaired) electrons. The third-order valence-electron chi connectivity index (χ3n) is 4.54. The van der Waals surface area contributed by atoms with E-state index in [0.29, 0.717) is 16.2 Å². The summed E-state index contributed by atoms with van der Waals surface area (Å²) >= 11 is 5.28. The van der Waals surface area contributed by atoms with Crippen LogP contribution in [0.4, 0.5) is 4.39 Å². The zero-order valence-electron chi connectivity index (χ0n) is 16.5. The average Bonchev–Trinajstić information content (AvgIpc) is 3.08. The van der Waals surface area contributed by atoms with E-state index in [4.69, 9.17) is 17.0 Å². The highest BCUT2D eigenvalue weighted by Crippen LogP contribution is 2.20. The average molecular weight is 428 g/mol. The van der Waals surface area contributed by atoms with Crippen LogP contribution in [0.2, 0.25) is 0 Å². The van der Waals surface area contributed by atoms with E-state index in [1.165, 1.54) is 31.4 Å². The quantitative estimate of drug-likeness (QED) is 0.444. The van der Waals surface area contributed by atoms with E-state index in [-0.39, 0.29) is 18.9 Å². The summed E-state index contributed by atoms with van der Waals surface area (Å²) in [6, 6.07) is 12.6. The molecule has 0 saturated carbocycles. The number of rotatable bonds is 7. The molecule has 1 atom stereocenters. The first-order chi connectivity index (χ1) is 14.4. The van der Waals surface area contributed by atoms with Gasteiger partial charge < -0.3 is 10.1 Å². The smallest absolute Gasteiger partial charge is 0.307 e. The predicted molar refractivity (Wildman–Crippen MR) is 112 cm³/mol. The number of hydrogen-bond donors (Lipinski definition) is 2. The standard InChI is InChI=1S/C21H21FN4O3S/c1-13-4-3-5-15(10-13)20-24-25-21(30)26(20)12-18(27)23-17(11-19(28)29-2)14-6-8-16(22)9-7-14/h3-10,17H,11-12H2,1-2H3,(H,23,27)(H,25,30). The Morgan fingerprint density at radius 3 is 2.67 bits per heavy atom. The lowest BCUT2D eigenvalue weighted by Gasteiger charge is -2.19. The van der Waals surface area contributed by atoms with Crippen LogP contribution in [-0.2, 0) is 20.9 Å². The molecule has 9 heteroatoms. The highest BCUT2D eigenvalue weighted by molar-refractivity contribution is 7.71. The number of nitrogens with zero attached hydrogens (tertiary/aromatic N) is 2. The number of aryl methyl sites for hydroxylation is 1. The second-order valence-corrected chi connectivity index (χ2v) is 7.15. The second kappa shape index (κ2) is 9.45. The zero-order valence-corrected chi connectivity index (χ0v) is 17.3. The molecule has 0 fully saturated rings. The maximum absolute atomic E-state index is 13.3. The molecule has 3 aromatic rings. The van der Waals surface area contributed by atoms with Crippen molar-refractivity contribution in [1.82, 2.24) is 20.1 Å². The number of benzene rings is 2. The van der Waals surface area contributed by atoms with Crippen molar-refractivity contribution in [2.24, 2.45) is 0 Å². The topological polar surface area (TPSA) is 89.0 Å². The Hall–Kier alpha value is -3.33. The monoisotopic (exact) mass is 428 g/mol. The van der Waals surface area contributed by atoms with Gasteiger partial charge in [-0.1, -0.05) is 35.9 Å². The molecule has 2 aromatic carbocycles. The van der Waals surface area contributed by atoms with E-state index in [2.05, 4.69) is 15.5 Å². The van der Waals surface area contributed by atoms with Gasteiger partial charge >= 0.3 is 5.97 Å². The Labute approximate surface area is 177 Å². The third kappa shape index (κ3) is 5.18. The van der Waals surface area contributed by atoms with E-state index in [0.717, 1.165) is 11.1 Å². The van der Waals surface area contributed by atoms with E-state index in [1.54, 1.807) is 4.57 Å². The number of methoxy groups -OCH3 is 1. The molecule has 1 unspecified atom stereocenters. The van der Waals surface area contributed by atoms with Gasteiger partial charge in [-0.05, 0) is 42.9 Å². The summed E-state index contributed by atoms with van der Waals surface area (Å²) < 4.78 is 19.9. The first kappa shape index (κ1) is 21.4. The number of carbonyl (C=O) groups excluding carboxylic acids is 2. The number of esters is 1. The maximum Gasteiger partial charge on any atom is 0.307 e. The molecule has 3 rings (SSSR count). The molecular weight excluding hydrogens is 407 g/mol. The molecule has 0 aliphatic heterocycles. The second-order valence-electron chi connectivity index (χ2n) is 6.76. The van der Waals surface area contributed by atoms with Crippen molar-refractivity contribution in [3.8, 4) is 11.4 Å². The maximum atomic E-state index is 13.3. The summed E-state index contributed by atoms with van der Waals surface area (Å²) in [5, 5.41) is 9.75. The minimum absolute atomic E-state index is 0.0879. The van der Waals surface area contributed by atoms with Crippen molar-refractivity contribution in [2.45, 2.75) is 25.9 Å². The first-order valence-electron chi connectivity index (χ1n) is 9.21. The predicted octanol–water partition coefficient (Wildman–Crippen LogP) is 3.48. The summed E-state index contributed by atoms with van der Waals surface area (Å²) in [4.78, 5) is 24.6. The molecular formula is C21H21FN4O3S. The Morgan fingerprint density at radius 1 is 1.27 bits per heavy atom. The fourth-order valence-corrected chi connectivity index (χ4v) is 3.25. The molecule has 0 spiro atoms. The van der Waals surface area contributed by atoms with Gasteiger partial charge in [0.15, 0.2) is 10.6 Å². The summed E-state index contributed by atoms with van der Waals surface area (Å²) in [7, 11) is 1.27. The van der Waals surface area contributed by atoms with Gasteiger partial charge in [-0.2, -0.15) is 5.10 Å². The minimum atomic E-state index is -0.672. The van der Waals surface area contributed by atoms with Gasteiger partial charge in [-0.3, -0.25) is 19.3 Å². The van der Waals surface area contributed by atoms with Gasteiger partial charge in [0.25, 0.3) is 0 Å². The zero-order chi connectivity index (χ0) is 21.7. The normalized spacial score (nSPS) is 11.7.